The lowest BCUT2D eigenvalue weighted by atomic mass is 10.1. The van der Waals surface area contributed by atoms with Gasteiger partial charge in [0.1, 0.15) is 11.9 Å². The molecule has 1 aromatic rings. The highest BCUT2D eigenvalue weighted by atomic mass is 16.6. The van der Waals surface area contributed by atoms with E-state index in [0.717, 1.165) is 25.9 Å². The molecule has 0 spiro atoms. The summed E-state index contributed by atoms with van der Waals surface area (Å²) in [6.45, 7) is 1.89. The summed E-state index contributed by atoms with van der Waals surface area (Å²) in [7, 11) is 0. The van der Waals surface area contributed by atoms with Gasteiger partial charge in [-0.25, -0.2) is 0 Å². The Labute approximate surface area is 93.6 Å². The van der Waals surface area contributed by atoms with E-state index >= 15 is 0 Å². The van der Waals surface area contributed by atoms with Gasteiger partial charge in [-0.15, -0.1) is 0 Å². The molecule has 0 bridgehead atoms. The predicted molar refractivity (Wildman–Crippen MR) is 59.6 cm³/mol. The summed E-state index contributed by atoms with van der Waals surface area (Å²) in [4.78, 5) is 10.0. The number of benzene rings is 1. The summed E-state index contributed by atoms with van der Waals surface area (Å²) in [5.74, 6) is 0.694. The summed E-state index contributed by atoms with van der Waals surface area (Å²) < 4.78 is 5.70. The number of hydrogen-bond donors (Lipinski definition) is 1. The lowest BCUT2D eigenvalue weighted by molar-refractivity contribution is -0.384. The highest BCUT2D eigenvalue weighted by Gasteiger charge is 2.14. The van der Waals surface area contributed by atoms with Crippen LogP contribution in [0.15, 0.2) is 24.3 Å². The SMILES string of the molecule is O=[N+]([O-])c1ccc(O[C@H]2CCCNC2)cc1. The fourth-order valence-corrected chi connectivity index (χ4v) is 1.76. The molecule has 1 fully saturated rings. The zero-order valence-corrected chi connectivity index (χ0v) is 8.89. The first-order chi connectivity index (χ1) is 7.75. The van der Waals surface area contributed by atoms with E-state index in [1.807, 2.05) is 0 Å². The number of hydrogen-bond acceptors (Lipinski definition) is 4. The Kier molecular flexibility index (Phi) is 3.36. The van der Waals surface area contributed by atoms with E-state index in [1.165, 1.54) is 12.1 Å². The maximum atomic E-state index is 10.5. The molecule has 1 aromatic carbocycles. The van der Waals surface area contributed by atoms with Crippen molar-refractivity contribution in [3.63, 3.8) is 0 Å². The van der Waals surface area contributed by atoms with Crippen molar-refractivity contribution < 1.29 is 9.66 Å². The third-order valence-corrected chi connectivity index (χ3v) is 2.60. The molecular weight excluding hydrogens is 208 g/mol. The van der Waals surface area contributed by atoms with Gasteiger partial charge >= 0.3 is 0 Å². The van der Waals surface area contributed by atoms with Gasteiger partial charge in [0.2, 0.25) is 0 Å². The van der Waals surface area contributed by atoms with Crippen LogP contribution in [-0.4, -0.2) is 24.1 Å². The standard InChI is InChI=1S/C11H14N2O3/c14-13(15)9-3-5-10(6-4-9)16-11-2-1-7-12-8-11/h3-6,11-12H,1-2,7-8H2/t11-/m0/s1. The second kappa shape index (κ2) is 4.94. The topological polar surface area (TPSA) is 64.4 Å². The van der Waals surface area contributed by atoms with Crippen LogP contribution >= 0.6 is 0 Å². The molecule has 0 amide bonds. The third kappa shape index (κ3) is 2.70. The Balaban J connectivity index is 1.96. The van der Waals surface area contributed by atoms with Gasteiger partial charge in [-0.05, 0) is 31.5 Å². The van der Waals surface area contributed by atoms with Crippen molar-refractivity contribution in [3.8, 4) is 5.75 Å². The third-order valence-electron chi connectivity index (χ3n) is 2.60. The van der Waals surface area contributed by atoms with Crippen molar-refractivity contribution in [2.45, 2.75) is 18.9 Å². The number of nitrogens with one attached hydrogen (secondary N) is 1. The lowest BCUT2D eigenvalue weighted by Crippen LogP contribution is -2.37. The van der Waals surface area contributed by atoms with Crippen molar-refractivity contribution in [1.29, 1.82) is 0 Å². The first-order valence-corrected chi connectivity index (χ1v) is 5.37. The number of nitro benzene ring substituents is 1. The van der Waals surface area contributed by atoms with Crippen LogP contribution in [0.1, 0.15) is 12.8 Å². The molecule has 0 aliphatic carbocycles. The summed E-state index contributed by atoms with van der Waals surface area (Å²) >= 11 is 0. The largest absolute Gasteiger partial charge is 0.489 e. The van der Waals surface area contributed by atoms with Crippen LogP contribution in [0.4, 0.5) is 5.69 Å². The fourth-order valence-electron chi connectivity index (χ4n) is 1.76. The quantitative estimate of drug-likeness (QED) is 0.624. The van der Waals surface area contributed by atoms with Crippen LogP contribution in [0.5, 0.6) is 5.75 Å². The van der Waals surface area contributed by atoms with Crippen molar-refractivity contribution in [2.75, 3.05) is 13.1 Å². The maximum absolute atomic E-state index is 10.5. The minimum Gasteiger partial charge on any atom is -0.489 e. The second-order valence-electron chi connectivity index (χ2n) is 3.84. The molecule has 0 unspecified atom stereocenters. The van der Waals surface area contributed by atoms with Gasteiger partial charge in [0.05, 0.1) is 4.92 Å². The smallest absolute Gasteiger partial charge is 0.269 e. The molecule has 0 radical (unpaired) electrons. The number of rotatable bonds is 3. The van der Waals surface area contributed by atoms with Crippen molar-refractivity contribution in [3.05, 3.63) is 34.4 Å². The van der Waals surface area contributed by atoms with Gasteiger partial charge in [0.25, 0.3) is 5.69 Å². The Morgan fingerprint density at radius 2 is 2.12 bits per heavy atom. The molecule has 86 valence electrons. The molecule has 16 heavy (non-hydrogen) atoms. The van der Waals surface area contributed by atoms with Crippen LogP contribution in [0.25, 0.3) is 0 Å². The number of nitro groups is 1. The number of piperidine rings is 1. The predicted octanol–water partition coefficient (Wildman–Crippen LogP) is 1.73. The highest BCUT2D eigenvalue weighted by Crippen LogP contribution is 2.19. The van der Waals surface area contributed by atoms with Crippen LogP contribution in [-0.2, 0) is 0 Å². The van der Waals surface area contributed by atoms with Gasteiger partial charge in [-0.3, -0.25) is 10.1 Å². The van der Waals surface area contributed by atoms with Crippen LogP contribution in [0.3, 0.4) is 0 Å². The molecule has 0 aromatic heterocycles. The molecule has 0 saturated carbocycles. The molecule has 1 N–H and O–H groups in total. The van der Waals surface area contributed by atoms with E-state index in [0.29, 0.717) is 5.75 Å². The molecule has 1 aliphatic rings. The average Bonchev–Trinajstić information content (AvgIpc) is 2.31. The number of non-ortho nitro benzene ring substituents is 1. The number of ether oxygens (including phenoxy) is 1. The van der Waals surface area contributed by atoms with Gasteiger partial charge < -0.3 is 10.1 Å². The number of nitrogens with zero attached hydrogens (tertiary/aromatic N) is 1. The summed E-state index contributed by atoms with van der Waals surface area (Å²) in [5, 5.41) is 13.7. The maximum Gasteiger partial charge on any atom is 0.269 e. The molecule has 1 atom stereocenters. The van der Waals surface area contributed by atoms with Gasteiger partial charge in [-0.1, -0.05) is 0 Å². The Morgan fingerprint density at radius 1 is 1.38 bits per heavy atom. The lowest BCUT2D eigenvalue weighted by Gasteiger charge is -2.23. The van der Waals surface area contributed by atoms with E-state index in [1.54, 1.807) is 12.1 Å². The normalized spacial score (nSPS) is 20.4. The van der Waals surface area contributed by atoms with Gasteiger partial charge in [0, 0.05) is 18.7 Å². The van der Waals surface area contributed by atoms with Crippen molar-refractivity contribution in [1.82, 2.24) is 5.32 Å². The molecule has 2 rings (SSSR count). The zero-order valence-electron chi connectivity index (χ0n) is 8.89. The molecule has 5 heteroatoms. The summed E-state index contributed by atoms with van der Waals surface area (Å²) in [6, 6.07) is 6.22. The molecule has 1 aliphatic heterocycles. The van der Waals surface area contributed by atoms with Crippen molar-refractivity contribution >= 4 is 5.69 Å². The van der Waals surface area contributed by atoms with Gasteiger partial charge in [0.15, 0.2) is 0 Å². The van der Waals surface area contributed by atoms with Crippen LogP contribution in [0.2, 0.25) is 0 Å². The van der Waals surface area contributed by atoms with E-state index in [2.05, 4.69) is 5.32 Å². The minimum absolute atomic E-state index is 0.0918. The summed E-state index contributed by atoms with van der Waals surface area (Å²) in [6.07, 6.45) is 2.32. The van der Waals surface area contributed by atoms with Crippen LogP contribution in [0, 0.1) is 10.1 Å². The second-order valence-corrected chi connectivity index (χ2v) is 3.84. The molecule has 1 saturated heterocycles. The fraction of sp³-hybridized carbons (Fsp3) is 0.455. The average molecular weight is 222 g/mol. The van der Waals surface area contributed by atoms with E-state index in [4.69, 9.17) is 4.74 Å². The molecule has 5 nitrogen and oxygen atoms in total. The first kappa shape index (κ1) is 10.9. The minimum atomic E-state index is -0.411. The Morgan fingerprint density at radius 3 is 2.69 bits per heavy atom. The monoisotopic (exact) mass is 222 g/mol. The Hall–Kier alpha value is -1.62. The van der Waals surface area contributed by atoms with E-state index in [-0.39, 0.29) is 11.8 Å². The highest BCUT2D eigenvalue weighted by molar-refractivity contribution is 5.36. The molecule has 1 heterocycles. The first-order valence-electron chi connectivity index (χ1n) is 5.37. The molecular formula is C11H14N2O3. The van der Waals surface area contributed by atoms with Gasteiger partial charge in [-0.2, -0.15) is 0 Å². The zero-order chi connectivity index (χ0) is 11.4. The van der Waals surface area contributed by atoms with Crippen LogP contribution < -0.4 is 10.1 Å². The van der Waals surface area contributed by atoms with Crippen molar-refractivity contribution in [2.24, 2.45) is 0 Å². The summed E-state index contributed by atoms with van der Waals surface area (Å²) in [5.41, 5.74) is 0.0918. The van der Waals surface area contributed by atoms with E-state index < -0.39 is 4.92 Å². The Bertz CT molecular complexity index is 358. The van der Waals surface area contributed by atoms with E-state index in [9.17, 15) is 10.1 Å².